The van der Waals surface area contributed by atoms with E-state index in [9.17, 15) is 8.42 Å². The molecule has 0 spiro atoms. The van der Waals surface area contributed by atoms with Crippen molar-refractivity contribution >= 4 is 10.4 Å². The van der Waals surface area contributed by atoms with E-state index >= 15 is 0 Å². The first-order valence-corrected chi connectivity index (χ1v) is 13.1. The van der Waals surface area contributed by atoms with Crippen molar-refractivity contribution in [3.05, 3.63) is 0 Å². The normalized spacial score (nSPS) is 22.5. The molecule has 0 aromatic rings. The van der Waals surface area contributed by atoms with Crippen LogP contribution in [0, 0.1) is 5.92 Å². The molecule has 0 bridgehead atoms. The van der Waals surface area contributed by atoms with Gasteiger partial charge >= 0.3 is 10.4 Å². The topological polar surface area (TPSA) is 89.6 Å². The van der Waals surface area contributed by atoms with E-state index in [0.717, 1.165) is 25.2 Å². The summed E-state index contributed by atoms with van der Waals surface area (Å²) >= 11 is 0. The van der Waals surface area contributed by atoms with Gasteiger partial charge in [0.1, 0.15) is 0 Å². The molecule has 0 radical (unpaired) electrons. The van der Waals surface area contributed by atoms with Crippen molar-refractivity contribution in [3.8, 4) is 0 Å². The second-order valence-corrected chi connectivity index (χ2v) is 9.46. The molecule has 5 nitrogen and oxygen atoms in total. The molecule has 0 aromatic carbocycles. The number of rotatable bonds is 14. The predicted molar refractivity (Wildman–Crippen MR) is 119 cm³/mol. The Bertz CT molecular complexity index is 455. The van der Waals surface area contributed by atoms with Crippen molar-refractivity contribution in [2.75, 3.05) is 6.61 Å². The van der Waals surface area contributed by atoms with E-state index in [-0.39, 0.29) is 12.1 Å². The lowest BCUT2D eigenvalue weighted by Gasteiger charge is -2.40. The number of hydrogen-bond donors (Lipinski definition) is 2. The Morgan fingerprint density at radius 2 is 1.46 bits per heavy atom. The fourth-order valence-corrected chi connectivity index (χ4v) is 4.49. The van der Waals surface area contributed by atoms with Crippen LogP contribution in [0.5, 0.6) is 0 Å². The van der Waals surface area contributed by atoms with Crippen LogP contribution in [0.25, 0.3) is 0 Å². The minimum atomic E-state index is -4.23. The Balaban J connectivity index is 0.000000567. The highest BCUT2D eigenvalue weighted by molar-refractivity contribution is 7.80. The summed E-state index contributed by atoms with van der Waals surface area (Å²) in [6.45, 7) is 6.81. The maximum absolute atomic E-state index is 10.2. The maximum atomic E-state index is 10.2. The molecule has 0 heterocycles. The van der Waals surface area contributed by atoms with Gasteiger partial charge < -0.3 is 5.73 Å². The molecule has 1 fully saturated rings. The SMILES string of the molecule is CCC1CCCCC1(N)CC.CCCCCCCCCCCCOS(=O)(=O)O. The monoisotopic (exact) mass is 421 g/mol. The van der Waals surface area contributed by atoms with Crippen LogP contribution >= 0.6 is 0 Å². The van der Waals surface area contributed by atoms with Crippen molar-refractivity contribution in [1.82, 2.24) is 0 Å². The molecule has 1 rings (SSSR count). The van der Waals surface area contributed by atoms with Crippen molar-refractivity contribution < 1.29 is 17.2 Å². The Morgan fingerprint density at radius 1 is 0.929 bits per heavy atom. The van der Waals surface area contributed by atoms with Gasteiger partial charge in [0.15, 0.2) is 0 Å². The van der Waals surface area contributed by atoms with Crippen LogP contribution in [-0.2, 0) is 14.6 Å². The van der Waals surface area contributed by atoms with Crippen molar-refractivity contribution in [2.24, 2.45) is 11.7 Å². The van der Waals surface area contributed by atoms with E-state index in [2.05, 4.69) is 25.0 Å². The second-order valence-electron chi connectivity index (χ2n) is 8.37. The molecule has 0 aliphatic heterocycles. The average molecular weight is 422 g/mol. The first-order valence-electron chi connectivity index (χ1n) is 11.7. The Labute approximate surface area is 175 Å². The highest BCUT2D eigenvalue weighted by Gasteiger charge is 2.33. The molecule has 0 amide bonds. The molecule has 1 aliphatic rings. The third-order valence-corrected chi connectivity index (χ3v) is 6.60. The number of unbranched alkanes of at least 4 members (excludes halogenated alkanes) is 9. The molecular formula is C22H47NO4S. The third-order valence-electron chi connectivity index (χ3n) is 6.14. The van der Waals surface area contributed by atoms with Gasteiger partial charge in [0, 0.05) is 5.54 Å². The standard InChI is InChI=1S/C12H26O4S.C10H21N/c1-2-3-4-5-6-7-8-9-10-11-12-16-17(13,14)15;1-3-9-7-5-6-8-10(9,11)4-2/h2-12H2,1H3,(H,13,14,15);9H,3-8,11H2,1-2H3. The first-order chi connectivity index (χ1) is 13.3. The fourth-order valence-electron chi connectivity index (χ4n) is 4.17. The van der Waals surface area contributed by atoms with Gasteiger partial charge in [-0.1, -0.05) is 97.8 Å². The molecule has 2 unspecified atom stereocenters. The summed E-state index contributed by atoms with van der Waals surface area (Å²) in [7, 11) is -4.23. The van der Waals surface area contributed by atoms with E-state index in [0.29, 0.717) is 6.42 Å². The molecule has 1 aliphatic carbocycles. The average Bonchev–Trinajstić information content (AvgIpc) is 2.66. The molecule has 3 N–H and O–H groups in total. The highest BCUT2D eigenvalue weighted by Crippen LogP contribution is 2.35. The highest BCUT2D eigenvalue weighted by atomic mass is 32.3. The van der Waals surface area contributed by atoms with Crippen LogP contribution in [0.2, 0.25) is 0 Å². The molecular weight excluding hydrogens is 374 g/mol. The molecule has 0 saturated heterocycles. The molecule has 0 aromatic heterocycles. The quantitative estimate of drug-likeness (QED) is 0.249. The maximum Gasteiger partial charge on any atom is 0.397 e. The van der Waals surface area contributed by atoms with Crippen LogP contribution in [0.4, 0.5) is 0 Å². The fraction of sp³-hybridized carbons (Fsp3) is 1.00. The van der Waals surface area contributed by atoms with E-state index in [1.807, 2.05) is 0 Å². The van der Waals surface area contributed by atoms with Crippen LogP contribution in [-0.4, -0.2) is 25.1 Å². The Morgan fingerprint density at radius 3 is 1.89 bits per heavy atom. The zero-order valence-electron chi connectivity index (χ0n) is 18.8. The zero-order valence-corrected chi connectivity index (χ0v) is 19.6. The van der Waals surface area contributed by atoms with Crippen molar-refractivity contribution in [1.29, 1.82) is 0 Å². The Kier molecular flexibility index (Phi) is 16.5. The molecule has 28 heavy (non-hydrogen) atoms. The number of nitrogens with two attached hydrogens (primary N) is 1. The first kappa shape index (κ1) is 27.8. The largest absolute Gasteiger partial charge is 0.397 e. The van der Waals surface area contributed by atoms with Gasteiger partial charge in [-0.2, -0.15) is 8.42 Å². The predicted octanol–water partition coefficient (Wildman–Crippen LogP) is 6.42. The van der Waals surface area contributed by atoms with Gasteiger partial charge in [-0.25, -0.2) is 4.18 Å². The summed E-state index contributed by atoms with van der Waals surface area (Å²) in [5.74, 6) is 0.793. The van der Waals surface area contributed by atoms with Gasteiger partial charge in [0.2, 0.25) is 0 Å². The van der Waals surface area contributed by atoms with Crippen LogP contribution in [0.1, 0.15) is 124 Å². The second kappa shape index (κ2) is 16.6. The summed E-state index contributed by atoms with van der Waals surface area (Å²) in [6.07, 6.45) is 19.6. The van der Waals surface area contributed by atoms with Crippen molar-refractivity contribution in [2.45, 2.75) is 129 Å². The lowest BCUT2D eigenvalue weighted by atomic mass is 9.71. The summed E-state index contributed by atoms with van der Waals surface area (Å²) in [6, 6.07) is 0. The van der Waals surface area contributed by atoms with Gasteiger partial charge in [-0.3, -0.25) is 4.55 Å². The summed E-state index contributed by atoms with van der Waals surface area (Å²) < 4.78 is 33.0. The number of hydrogen-bond acceptors (Lipinski definition) is 4. The lowest BCUT2D eigenvalue weighted by Crippen LogP contribution is -2.48. The van der Waals surface area contributed by atoms with Gasteiger partial charge in [0.05, 0.1) is 6.61 Å². The minimum Gasteiger partial charge on any atom is -0.325 e. The summed E-state index contributed by atoms with van der Waals surface area (Å²) in [5, 5.41) is 0. The molecule has 1 saturated carbocycles. The Hall–Kier alpha value is -0.170. The molecule has 2 atom stereocenters. The smallest absolute Gasteiger partial charge is 0.325 e. The summed E-state index contributed by atoms with van der Waals surface area (Å²) in [4.78, 5) is 0. The lowest BCUT2D eigenvalue weighted by molar-refractivity contribution is 0.177. The van der Waals surface area contributed by atoms with Crippen LogP contribution in [0.15, 0.2) is 0 Å². The molecule has 170 valence electrons. The van der Waals surface area contributed by atoms with Gasteiger partial charge in [-0.05, 0) is 31.6 Å². The van der Waals surface area contributed by atoms with E-state index in [4.69, 9.17) is 10.3 Å². The molecule has 6 heteroatoms. The van der Waals surface area contributed by atoms with E-state index < -0.39 is 10.4 Å². The van der Waals surface area contributed by atoms with Crippen molar-refractivity contribution in [3.63, 3.8) is 0 Å². The zero-order chi connectivity index (χ0) is 21.3. The minimum absolute atomic E-state index is 0.0926. The van der Waals surface area contributed by atoms with E-state index in [1.54, 1.807) is 0 Å². The van der Waals surface area contributed by atoms with Crippen LogP contribution < -0.4 is 5.73 Å². The van der Waals surface area contributed by atoms with Gasteiger partial charge in [0.25, 0.3) is 0 Å². The third kappa shape index (κ3) is 14.8. The van der Waals surface area contributed by atoms with Gasteiger partial charge in [-0.15, -0.1) is 0 Å². The van der Waals surface area contributed by atoms with Crippen LogP contribution in [0.3, 0.4) is 0 Å². The summed E-state index contributed by atoms with van der Waals surface area (Å²) in [5.41, 5.74) is 6.50. The van der Waals surface area contributed by atoms with E-state index in [1.165, 1.54) is 77.0 Å².